The van der Waals surface area contributed by atoms with Gasteiger partial charge in [0.15, 0.2) is 0 Å². The molecule has 1 aromatic carbocycles. The van der Waals surface area contributed by atoms with Gasteiger partial charge in [0.25, 0.3) is 0 Å². The van der Waals surface area contributed by atoms with Gasteiger partial charge in [0.05, 0.1) is 0 Å². The SMILES string of the molecule is CNC1CC(Oc2cc(C)c(Br)c(C)c2)C1OC. The summed E-state index contributed by atoms with van der Waals surface area (Å²) in [6, 6.07) is 4.53. The fourth-order valence-electron chi connectivity index (χ4n) is 2.44. The van der Waals surface area contributed by atoms with Crippen LogP contribution in [0, 0.1) is 13.8 Å². The quantitative estimate of drug-likeness (QED) is 0.927. The molecule has 2 rings (SSSR count). The van der Waals surface area contributed by atoms with Gasteiger partial charge in [-0.2, -0.15) is 0 Å². The van der Waals surface area contributed by atoms with E-state index in [0.717, 1.165) is 16.6 Å². The monoisotopic (exact) mass is 313 g/mol. The van der Waals surface area contributed by atoms with Crippen molar-refractivity contribution in [3.8, 4) is 5.75 Å². The molecule has 1 saturated carbocycles. The first kappa shape index (κ1) is 13.8. The third-order valence-electron chi connectivity index (χ3n) is 3.59. The van der Waals surface area contributed by atoms with Crippen LogP contribution in [0.25, 0.3) is 0 Å². The molecule has 4 heteroatoms. The van der Waals surface area contributed by atoms with Crippen molar-refractivity contribution in [1.29, 1.82) is 0 Å². The maximum atomic E-state index is 6.02. The topological polar surface area (TPSA) is 30.5 Å². The molecule has 0 amide bonds. The fraction of sp³-hybridized carbons (Fsp3) is 0.571. The Bertz CT molecular complexity index is 413. The van der Waals surface area contributed by atoms with Gasteiger partial charge >= 0.3 is 0 Å². The van der Waals surface area contributed by atoms with E-state index in [9.17, 15) is 0 Å². The van der Waals surface area contributed by atoms with Crippen LogP contribution in [0.4, 0.5) is 0 Å². The first-order valence-electron chi connectivity index (χ1n) is 6.20. The molecule has 3 nitrogen and oxygen atoms in total. The number of aryl methyl sites for hydroxylation is 2. The second kappa shape index (κ2) is 5.59. The molecule has 1 N–H and O–H groups in total. The molecule has 100 valence electrons. The highest BCUT2D eigenvalue weighted by molar-refractivity contribution is 9.10. The minimum Gasteiger partial charge on any atom is -0.488 e. The summed E-state index contributed by atoms with van der Waals surface area (Å²) in [4.78, 5) is 0. The zero-order valence-electron chi connectivity index (χ0n) is 11.3. The Labute approximate surface area is 117 Å². The number of hydrogen-bond donors (Lipinski definition) is 1. The molecule has 1 aliphatic rings. The summed E-state index contributed by atoms with van der Waals surface area (Å²) in [5.41, 5.74) is 2.40. The molecule has 3 atom stereocenters. The Morgan fingerprint density at radius 2 is 1.89 bits per heavy atom. The number of benzene rings is 1. The molecule has 1 aromatic rings. The maximum Gasteiger partial charge on any atom is 0.128 e. The molecule has 3 unspecified atom stereocenters. The minimum absolute atomic E-state index is 0.138. The number of methoxy groups -OCH3 is 1. The molecule has 1 fully saturated rings. The van der Waals surface area contributed by atoms with Crippen LogP contribution in [0.15, 0.2) is 16.6 Å². The molecular formula is C14H20BrNO2. The zero-order valence-corrected chi connectivity index (χ0v) is 12.9. The van der Waals surface area contributed by atoms with Crippen LogP contribution in [0.5, 0.6) is 5.75 Å². The third-order valence-corrected chi connectivity index (χ3v) is 4.84. The minimum atomic E-state index is 0.138. The highest BCUT2D eigenvalue weighted by Gasteiger charge is 2.42. The van der Waals surface area contributed by atoms with Crippen molar-refractivity contribution in [2.24, 2.45) is 0 Å². The van der Waals surface area contributed by atoms with E-state index < -0.39 is 0 Å². The first-order chi connectivity index (χ1) is 8.56. The number of halogens is 1. The number of hydrogen-bond acceptors (Lipinski definition) is 3. The normalized spacial score (nSPS) is 26.8. The van der Waals surface area contributed by atoms with E-state index in [1.165, 1.54) is 11.1 Å². The number of rotatable bonds is 4. The smallest absolute Gasteiger partial charge is 0.128 e. The number of ether oxygens (including phenoxy) is 2. The Kier molecular flexibility index (Phi) is 4.30. The Morgan fingerprint density at radius 1 is 1.28 bits per heavy atom. The van der Waals surface area contributed by atoms with E-state index in [2.05, 4.69) is 47.2 Å². The largest absolute Gasteiger partial charge is 0.488 e. The molecule has 18 heavy (non-hydrogen) atoms. The van der Waals surface area contributed by atoms with Crippen molar-refractivity contribution in [1.82, 2.24) is 5.32 Å². The lowest BCUT2D eigenvalue weighted by Gasteiger charge is -2.43. The van der Waals surface area contributed by atoms with Crippen molar-refractivity contribution >= 4 is 15.9 Å². The van der Waals surface area contributed by atoms with Gasteiger partial charge in [0, 0.05) is 24.0 Å². The first-order valence-corrected chi connectivity index (χ1v) is 6.99. The van der Waals surface area contributed by atoms with Crippen molar-refractivity contribution in [3.63, 3.8) is 0 Å². The highest BCUT2D eigenvalue weighted by atomic mass is 79.9. The summed E-state index contributed by atoms with van der Waals surface area (Å²) in [6.45, 7) is 4.16. The lowest BCUT2D eigenvalue weighted by Crippen LogP contribution is -2.60. The standard InChI is InChI=1S/C14H20BrNO2/c1-8-5-10(6-9(2)13(8)15)18-12-7-11(16-3)14(12)17-4/h5-6,11-12,14,16H,7H2,1-4H3. The van der Waals surface area contributed by atoms with Crippen LogP contribution in [0.3, 0.4) is 0 Å². The number of nitrogens with one attached hydrogen (secondary N) is 1. The molecule has 0 aliphatic heterocycles. The lowest BCUT2D eigenvalue weighted by molar-refractivity contribution is -0.0869. The highest BCUT2D eigenvalue weighted by Crippen LogP contribution is 2.31. The van der Waals surface area contributed by atoms with Crippen molar-refractivity contribution in [3.05, 3.63) is 27.7 Å². The average Bonchev–Trinajstić information content (AvgIpc) is 2.31. The summed E-state index contributed by atoms with van der Waals surface area (Å²) in [5.74, 6) is 0.926. The summed E-state index contributed by atoms with van der Waals surface area (Å²) in [7, 11) is 3.70. The van der Waals surface area contributed by atoms with Gasteiger partial charge in [-0.15, -0.1) is 0 Å². The Hall–Kier alpha value is -0.580. The van der Waals surface area contributed by atoms with Gasteiger partial charge < -0.3 is 14.8 Å². The number of likely N-dealkylation sites (N-methyl/N-ethyl adjacent to an activating group) is 1. The molecule has 0 bridgehead atoms. The summed E-state index contributed by atoms with van der Waals surface area (Å²) < 4.78 is 12.6. The molecule has 0 radical (unpaired) electrons. The van der Waals surface area contributed by atoms with Crippen LogP contribution in [0.2, 0.25) is 0 Å². The summed E-state index contributed by atoms with van der Waals surface area (Å²) >= 11 is 3.57. The Balaban J connectivity index is 2.07. The van der Waals surface area contributed by atoms with E-state index in [1.807, 2.05) is 7.05 Å². The van der Waals surface area contributed by atoms with Crippen LogP contribution < -0.4 is 10.1 Å². The second-order valence-electron chi connectivity index (χ2n) is 4.86. The van der Waals surface area contributed by atoms with Gasteiger partial charge in [0.2, 0.25) is 0 Å². The molecule has 1 aliphatic carbocycles. The zero-order chi connectivity index (χ0) is 13.3. The van der Waals surface area contributed by atoms with E-state index in [-0.39, 0.29) is 12.2 Å². The molecule has 0 spiro atoms. The van der Waals surface area contributed by atoms with Crippen LogP contribution >= 0.6 is 15.9 Å². The van der Waals surface area contributed by atoms with Crippen molar-refractivity contribution in [2.75, 3.05) is 14.2 Å². The fourth-order valence-corrected chi connectivity index (χ4v) is 2.67. The molecule has 0 heterocycles. The van der Waals surface area contributed by atoms with Gasteiger partial charge in [0.1, 0.15) is 18.0 Å². The third kappa shape index (κ3) is 2.56. The van der Waals surface area contributed by atoms with Crippen molar-refractivity contribution in [2.45, 2.75) is 38.5 Å². The molecular weight excluding hydrogens is 294 g/mol. The average molecular weight is 314 g/mol. The van der Waals surface area contributed by atoms with Crippen LogP contribution in [0.1, 0.15) is 17.5 Å². The summed E-state index contributed by atoms with van der Waals surface area (Å²) in [6.07, 6.45) is 1.27. The predicted octanol–water partition coefficient (Wildman–Crippen LogP) is 2.82. The van der Waals surface area contributed by atoms with E-state index in [1.54, 1.807) is 7.11 Å². The van der Waals surface area contributed by atoms with Gasteiger partial charge in [-0.3, -0.25) is 0 Å². The van der Waals surface area contributed by atoms with Crippen molar-refractivity contribution < 1.29 is 9.47 Å². The maximum absolute atomic E-state index is 6.02. The second-order valence-corrected chi connectivity index (χ2v) is 5.65. The van der Waals surface area contributed by atoms with E-state index in [0.29, 0.717) is 6.04 Å². The predicted molar refractivity (Wildman–Crippen MR) is 76.3 cm³/mol. The Morgan fingerprint density at radius 3 is 2.39 bits per heavy atom. The summed E-state index contributed by atoms with van der Waals surface area (Å²) in [5, 5.41) is 3.24. The van der Waals surface area contributed by atoms with Gasteiger partial charge in [-0.25, -0.2) is 0 Å². The van der Waals surface area contributed by atoms with Crippen LogP contribution in [-0.2, 0) is 4.74 Å². The van der Waals surface area contributed by atoms with Crippen LogP contribution in [-0.4, -0.2) is 32.4 Å². The lowest BCUT2D eigenvalue weighted by atomic mass is 9.85. The van der Waals surface area contributed by atoms with Gasteiger partial charge in [-0.1, -0.05) is 15.9 Å². The molecule has 0 aromatic heterocycles. The van der Waals surface area contributed by atoms with Gasteiger partial charge in [-0.05, 0) is 44.2 Å². The molecule has 0 saturated heterocycles. The van der Waals surface area contributed by atoms with E-state index >= 15 is 0 Å². The van der Waals surface area contributed by atoms with E-state index in [4.69, 9.17) is 9.47 Å².